The van der Waals surface area contributed by atoms with Crippen molar-refractivity contribution in [2.75, 3.05) is 18.5 Å². The van der Waals surface area contributed by atoms with Gasteiger partial charge in [0.25, 0.3) is 5.91 Å². The number of amides is 1. The Hall–Kier alpha value is -2.89. The molecule has 132 valence electrons. The van der Waals surface area contributed by atoms with Gasteiger partial charge in [0, 0.05) is 12.7 Å². The monoisotopic (exact) mass is 341 g/mol. The quantitative estimate of drug-likeness (QED) is 0.755. The number of carbonyl (C=O) groups is 2. The van der Waals surface area contributed by atoms with Gasteiger partial charge in [-0.3, -0.25) is 9.78 Å². The Balaban J connectivity index is 2.18. The van der Waals surface area contributed by atoms with Crippen LogP contribution in [0, 0.1) is 5.92 Å². The number of para-hydroxylation sites is 1. The van der Waals surface area contributed by atoms with Crippen LogP contribution in [-0.4, -0.2) is 30.0 Å². The van der Waals surface area contributed by atoms with E-state index >= 15 is 0 Å². The van der Waals surface area contributed by atoms with E-state index in [0.29, 0.717) is 41.6 Å². The van der Waals surface area contributed by atoms with Gasteiger partial charge in [-0.25, -0.2) is 4.79 Å². The molecule has 2 rings (SSSR count). The summed E-state index contributed by atoms with van der Waals surface area (Å²) in [4.78, 5) is 28.3. The summed E-state index contributed by atoms with van der Waals surface area (Å²) >= 11 is 0. The first-order valence-electron chi connectivity index (χ1n) is 8.27. The molecule has 0 fully saturated rings. The van der Waals surface area contributed by atoms with Crippen molar-refractivity contribution in [3.05, 3.63) is 53.9 Å². The molecule has 0 aliphatic heterocycles. The lowest BCUT2D eigenvalue weighted by Crippen LogP contribution is -2.27. The van der Waals surface area contributed by atoms with Crippen LogP contribution >= 0.6 is 0 Å². The summed E-state index contributed by atoms with van der Waals surface area (Å²) in [7, 11) is 0. The van der Waals surface area contributed by atoms with E-state index in [1.807, 2.05) is 19.9 Å². The van der Waals surface area contributed by atoms with E-state index < -0.39 is 5.97 Å². The highest BCUT2D eigenvalue weighted by atomic mass is 16.5. The van der Waals surface area contributed by atoms with Gasteiger partial charge < -0.3 is 15.4 Å². The summed E-state index contributed by atoms with van der Waals surface area (Å²) in [5.74, 6) is -0.206. The van der Waals surface area contributed by atoms with Gasteiger partial charge in [-0.1, -0.05) is 26.0 Å². The Morgan fingerprint density at radius 3 is 2.68 bits per heavy atom. The van der Waals surface area contributed by atoms with Crippen molar-refractivity contribution in [2.45, 2.75) is 20.8 Å². The lowest BCUT2D eigenvalue weighted by Gasteiger charge is -2.12. The van der Waals surface area contributed by atoms with Crippen LogP contribution in [0.2, 0.25) is 0 Å². The van der Waals surface area contributed by atoms with Crippen LogP contribution in [0.15, 0.2) is 42.7 Å². The number of aromatic nitrogens is 1. The van der Waals surface area contributed by atoms with Gasteiger partial charge in [0.15, 0.2) is 0 Å². The largest absolute Gasteiger partial charge is 0.462 e. The van der Waals surface area contributed by atoms with Crippen molar-refractivity contribution in [3.63, 3.8) is 0 Å². The number of rotatable bonds is 7. The highest BCUT2D eigenvalue weighted by Gasteiger charge is 2.13. The SMILES string of the molecule is CCOC(=O)c1ccccc1Nc1cncc(C(=O)NCC(C)C)c1. The molecule has 25 heavy (non-hydrogen) atoms. The molecular formula is C19H23N3O3. The van der Waals surface area contributed by atoms with E-state index in [1.54, 1.807) is 37.4 Å². The van der Waals surface area contributed by atoms with Gasteiger partial charge >= 0.3 is 5.97 Å². The van der Waals surface area contributed by atoms with Crippen molar-refractivity contribution < 1.29 is 14.3 Å². The molecule has 2 aromatic rings. The molecule has 0 spiro atoms. The fraction of sp³-hybridized carbons (Fsp3) is 0.316. The number of carbonyl (C=O) groups excluding carboxylic acids is 2. The van der Waals surface area contributed by atoms with Gasteiger partial charge in [-0.15, -0.1) is 0 Å². The molecule has 0 saturated heterocycles. The number of pyridine rings is 1. The standard InChI is InChI=1S/C19H23N3O3/c1-4-25-19(24)16-7-5-6-8-17(16)22-15-9-14(11-20-12-15)18(23)21-10-13(2)3/h5-9,11-13,22H,4,10H2,1-3H3,(H,21,23). The maximum absolute atomic E-state index is 12.2. The summed E-state index contributed by atoms with van der Waals surface area (Å²) in [6.45, 7) is 6.73. The van der Waals surface area contributed by atoms with E-state index in [0.717, 1.165) is 0 Å². The smallest absolute Gasteiger partial charge is 0.340 e. The highest BCUT2D eigenvalue weighted by Crippen LogP contribution is 2.21. The first-order chi connectivity index (χ1) is 12.0. The molecular weight excluding hydrogens is 318 g/mol. The maximum Gasteiger partial charge on any atom is 0.340 e. The number of ether oxygens (including phenoxy) is 1. The molecule has 2 N–H and O–H groups in total. The average Bonchev–Trinajstić information content (AvgIpc) is 2.60. The molecule has 6 heteroatoms. The number of nitrogens with one attached hydrogen (secondary N) is 2. The van der Waals surface area contributed by atoms with Gasteiger partial charge in [-0.05, 0) is 31.0 Å². The number of esters is 1. The van der Waals surface area contributed by atoms with Crippen LogP contribution in [0.4, 0.5) is 11.4 Å². The highest BCUT2D eigenvalue weighted by molar-refractivity contribution is 5.97. The van der Waals surface area contributed by atoms with Gasteiger partial charge in [0.1, 0.15) is 0 Å². The Kier molecular flexibility index (Phi) is 6.51. The van der Waals surface area contributed by atoms with E-state index in [-0.39, 0.29) is 5.91 Å². The zero-order chi connectivity index (χ0) is 18.2. The first kappa shape index (κ1) is 18.4. The molecule has 0 bridgehead atoms. The lowest BCUT2D eigenvalue weighted by atomic mass is 10.1. The number of benzene rings is 1. The predicted octanol–water partition coefficient (Wildman–Crippen LogP) is 3.39. The molecule has 0 unspecified atom stereocenters. The zero-order valence-electron chi connectivity index (χ0n) is 14.7. The molecule has 1 aromatic carbocycles. The molecule has 0 aliphatic rings. The van der Waals surface area contributed by atoms with Crippen molar-refractivity contribution >= 4 is 23.3 Å². The van der Waals surface area contributed by atoms with Gasteiger partial charge in [0.2, 0.25) is 0 Å². The number of hydrogen-bond donors (Lipinski definition) is 2. The zero-order valence-corrected chi connectivity index (χ0v) is 14.7. The van der Waals surface area contributed by atoms with Crippen LogP contribution < -0.4 is 10.6 Å². The van der Waals surface area contributed by atoms with Gasteiger partial charge in [-0.2, -0.15) is 0 Å². The Morgan fingerprint density at radius 2 is 1.96 bits per heavy atom. The molecule has 0 atom stereocenters. The predicted molar refractivity (Wildman–Crippen MR) is 97.1 cm³/mol. The second kappa shape index (κ2) is 8.82. The number of anilines is 2. The molecule has 6 nitrogen and oxygen atoms in total. The van der Waals surface area contributed by atoms with Crippen molar-refractivity contribution in [1.82, 2.24) is 10.3 Å². The van der Waals surface area contributed by atoms with E-state index in [4.69, 9.17) is 4.74 Å². The second-order valence-corrected chi connectivity index (χ2v) is 5.96. The van der Waals surface area contributed by atoms with Crippen molar-refractivity contribution in [1.29, 1.82) is 0 Å². The van der Waals surface area contributed by atoms with Crippen LogP contribution in [0.5, 0.6) is 0 Å². The Labute approximate surface area is 147 Å². The van der Waals surface area contributed by atoms with E-state index in [1.165, 1.54) is 6.20 Å². The lowest BCUT2D eigenvalue weighted by molar-refractivity contribution is 0.0527. The third-order valence-electron chi connectivity index (χ3n) is 3.37. The summed E-state index contributed by atoms with van der Waals surface area (Å²) in [5.41, 5.74) is 2.11. The number of nitrogens with zero attached hydrogens (tertiary/aromatic N) is 1. The maximum atomic E-state index is 12.2. The second-order valence-electron chi connectivity index (χ2n) is 5.96. The van der Waals surface area contributed by atoms with Crippen molar-refractivity contribution in [2.24, 2.45) is 5.92 Å². The summed E-state index contributed by atoms with van der Waals surface area (Å²) in [6.07, 6.45) is 3.11. The summed E-state index contributed by atoms with van der Waals surface area (Å²) in [6, 6.07) is 8.75. The minimum absolute atomic E-state index is 0.177. The molecule has 1 heterocycles. The van der Waals surface area contributed by atoms with Crippen LogP contribution in [0.3, 0.4) is 0 Å². The molecule has 0 saturated carbocycles. The number of hydrogen-bond acceptors (Lipinski definition) is 5. The first-order valence-corrected chi connectivity index (χ1v) is 8.27. The van der Waals surface area contributed by atoms with Crippen molar-refractivity contribution in [3.8, 4) is 0 Å². The van der Waals surface area contributed by atoms with E-state index in [2.05, 4.69) is 15.6 Å². The third kappa shape index (κ3) is 5.31. The fourth-order valence-corrected chi connectivity index (χ4v) is 2.17. The molecule has 1 amide bonds. The minimum Gasteiger partial charge on any atom is -0.462 e. The molecule has 0 aliphatic carbocycles. The topological polar surface area (TPSA) is 80.3 Å². The van der Waals surface area contributed by atoms with Crippen LogP contribution in [0.25, 0.3) is 0 Å². The summed E-state index contributed by atoms with van der Waals surface area (Å²) in [5, 5.41) is 5.98. The Bertz CT molecular complexity index is 744. The van der Waals surface area contributed by atoms with Gasteiger partial charge in [0.05, 0.1) is 35.3 Å². The molecule has 1 aromatic heterocycles. The van der Waals surface area contributed by atoms with Crippen LogP contribution in [0.1, 0.15) is 41.5 Å². The fourth-order valence-electron chi connectivity index (χ4n) is 2.17. The summed E-state index contributed by atoms with van der Waals surface area (Å²) < 4.78 is 5.06. The molecule has 0 radical (unpaired) electrons. The third-order valence-corrected chi connectivity index (χ3v) is 3.37. The normalized spacial score (nSPS) is 10.4. The average molecular weight is 341 g/mol. The van der Waals surface area contributed by atoms with E-state index in [9.17, 15) is 9.59 Å². The minimum atomic E-state index is -0.399. The Morgan fingerprint density at radius 1 is 1.20 bits per heavy atom. The van der Waals surface area contributed by atoms with Crippen LogP contribution in [-0.2, 0) is 4.74 Å².